The molecule has 2 heterocycles. The molecule has 0 atom stereocenters. The van der Waals surface area contributed by atoms with Gasteiger partial charge in [0.15, 0.2) is 11.5 Å². The molecule has 1 aliphatic rings. The molecular formula is C8H8ClN5. The van der Waals surface area contributed by atoms with Gasteiger partial charge in [-0.2, -0.15) is 9.97 Å². The van der Waals surface area contributed by atoms with Gasteiger partial charge in [0.1, 0.15) is 5.52 Å². The zero-order valence-corrected chi connectivity index (χ0v) is 8.04. The van der Waals surface area contributed by atoms with E-state index in [4.69, 9.17) is 11.6 Å². The molecule has 72 valence electrons. The second-order valence-corrected chi connectivity index (χ2v) is 3.70. The lowest BCUT2D eigenvalue weighted by atomic mass is 10.5. The molecular weight excluding hydrogens is 202 g/mol. The number of hydrogen-bond donors (Lipinski definition) is 2. The van der Waals surface area contributed by atoms with Crippen molar-refractivity contribution in [3.8, 4) is 0 Å². The average Bonchev–Trinajstić information content (AvgIpc) is 2.81. The van der Waals surface area contributed by atoms with Crippen molar-refractivity contribution in [1.29, 1.82) is 0 Å². The van der Waals surface area contributed by atoms with Crippen LogP contribution < -0.4 is 5.32 Å². The second-order valence-electron chi connectivity index (χ2n) is 3.36. The predicted molar refractivity (Wildman–Crippen MR) is 53.3 cm³/mol. The Balaban J connectivity index is 2.13. The Morgan fingerprint density at radius 2 is 2.29 bits per heavy atom. The molecule has 0 saturated heterocycles. The minimum absolute atomic E-state index is 0.229. The number of H-pyrrole nitrogens is 1. The van der Waals surface area contributed by atoms with Crippen LogP contribution in [-0.2, 0) is 0 Å². The SMILES string of the molecule is Clc1nc(NC2CC2)c2[nH]cnc2n1. The third-order valence-electron chi connectivity index (χ3n) is 2.18. The first-order valence-electron chi connectivity index (χ1n) is 4.46. The lowest BCUT2D eigenvalue weighted by Crippen LogP contribution is -2.04. The molecule has 3 rings (SSSR count). The van der Waals surface area contributed by atoms with E-state index in [0.29, 0.717) is 11.7 Å². The van der Waals surface area contributed by atoms with Gasteiger partial charge < -0.3 is 10.3 Å². The number of aromatic nitrogens is 4. The molecule has 0 aliphatic heterocycles. The summed E-state index contributed by atoms with van der Waals surface area (Å²) in [6, 6.07) is 0.535. The number of nitrogens with zero attached hydrogens (tertiary/aromatic N) is 3. The molecule has 0 spiro atoms. The fourth-order valence-electron chi connectivity index (χ4n) is 1.33. The number of imidazole rings is 1. The Morgan fingerprint density at radius 3 is 3.07 bits per heavy atom. The largest absolute Gasteiger partial charge is 0.365 e. The maximum Gasteiger partial charge on any atom is 0.226 e. The van der Waals surface area contributed by atoms with Crippen LogP contribution in [0.4, 0.5) is 5.82 Å². The van der Waals surface area contributed by atoms with Gasteiger partial charge in [-0.15, -0.1) is 0 Å². The van der Waals surface area contributed by atoms with Crippen molar-refractivity contribution in [2.45, 2.75) is 18.9 Å². The fourth-order valence-corrected chi connectivity index (χ4v) is 1.50. The molecule has 5 nitrogen and oxygen atoms in total. The third kappa shape index (κ3) is 1.29. The maximum atomic E-state index is 5.77. The summed E-state index contributed by atoms with van der Waals surface area (Å²) >= 11 is 5.77. The summed E-state index contributed by atoms with van der Waals surface area (Å²) < 4.78 is 0. The van der Waals surface area contributed by atoms with Crippen molar-refractivity contribution in [1.82, 2.24) is 19.9 Å². The summed E-state index contributed by atoms with van der Waals surface area (Å²) in [5, 5.41) is 3.51. The van der Waals surface area contributed by atoms with Crippen LogP contribution in [0.5, 0.6) is 0 Å². The van der Waals surface area contributed by atoms with Crippen molar-refractivity contribution in [3.05, 3.63) is 11.6 Å². The van der Waals surface area contributed by atoms with Crippen LogP contribution in [-0.4, -0.2) is 26.0 Å². The Hall–Kier alpha value is -1.36. The average molecular weight is 210 g/mol. The van der Waals surface area contributed by atoms with Crippen molar-refractivity contribution < 1.29 is 0 Å². The normalized spacial score (nSPS) is 16.1. The van der Waals surface area contributed by atoms with Crippen molar-refractivity contribution in [2.24, 2.45) is 0 Å². The lowest BCUT2D eigenvalue weighted by Gasteiger charge is -2.03. The molecule has 1 saturated carbocycles. The van der Waals surface area contributed by atoms with Crippen molar-refractivity contribution in [2.75, 3.05) is 5.32 Å². The lowest BCUT2D eigenvalue weighted by molar-refractivity contribution is 1.10. The van der Waals surface area contributed by atoms with Gasteiger partial charge in [-0.1, -0.05) is 0 Å². The van der Waals surface area contributed by atoms with Gasteiger partial charge >= 0.3 is 0 Å². The molecule has 0 amide bonds. The topological polar surface area (TPSA) is 66.5 Å². The van der Waals surface area contributed by atoms with Gasteiger partial charge in [-0.3, -0.25) is 0 Å². The van der Waals surface area contributed by atoms with Crippen molar-refractivity contribution in [3.63, 3.8) is 0 Å². The highest BCUT2D eigenvalue weighted by Crippen LogP contribution is 2.27. The quantitative estimate of drug-likeness (QED) is 0.737. The van der Waals surface area contributed by atoms with Gasteiger partial charge in [-0.05, 0) is 24.4 Å². The first kappa shape index (κ1) is 7.99. The molecule has 0 bridgehead atoms. The van der Waals surface area contributed by atoms with Crippen LogP contribution in [0, 0.1) is 0 Å². The van der Waals surface area contributed by atoms with Gasteiger partial charge in [0.25, 0.3) is 0 Å². The first-order valence-corrected chi connectivity index (χ1v) is 4.84. The molecule has 2 N–H and O–H groups in total. The van der Waals surface area contributed by atoms with Crippen LogP contribution >= 0.6 is 11.6 Å². The summed E-state index contributed by atoms with van der Waals surface area (Å²) in [6.07, 6.45) is 3.97. The van der Waals surface area contributed by atoms with Crippen LogP contribution in [0.3, 0.4) is 0 Å². The molecule has 1 fully saturated rings. The van der Waals surface area contributed by atoms with E-state index in [1.54, 1.807) is 6.33 Å². The van der Waals surface area contributed by atoms with Crippen molar-refractivity contribution >= 4 is 28.6 Å². The summed E-state index contributed by atoms with van der Waals surface area (Å²) in [5.41, 5.74) is 1.43. The van der Waals surface area contributed by atoms with E-state index < -0.39 is 0 Å². The zero-order valence-electron chi connectivity index (χ0n) is 7.29. The van der Waals surface area contributed by atoms with Crippen LogP contribution in [0.1, 0.15) is 12.8 Å². The van der Waals surface area contributed by atoms with E-state index in [9.17, 15) is 0 Å². The van der Waals surface area contributed by atoms with E-state index in [1.807, 2.05) is 0 Å². The Bertz CT molecular complexity index is 476. The number of rotatable bonds is 2. The number of fused-ring (bicyclic) bond motifs is 1. The second kappa shape index (κ2) is 2.81. The highest BCUT2D eigenvalue weighted by Gasteiger charge is 2.23. The first-order chi connectivity index (χ1) is 6.83. The van der Waals surface area contributed by atoms with Crippen LogP contribution in [0.15, 0.2) is 6.33 Å². The van der Waals surface area contributed by atoms with E-state index in [-0.39, 0.29) is 5.28 Å². The van der Waals surface area contributed by atoms with Crippen LogP contribution in [0.25, 0.3) is 11.2 Å². The summed E-state index contributed by atoms with van der Waals surface area (Å²) in [7, 11) is 0. The number of nitrogens with one attached hydrogen (secondary N) is 2. The Labute approximate surface area is 84.9 Å². The van der Waals surface area contributed by atoms with Crippen LogP contribution in [0.2, 0.25) is 5.28 Å². The van der Waals surface area contributed by atoms with Gasteiger partial charge in [0, 0.05) is 6.04 Å². The predicted octanol–water partition coefficient (Wildman–Crippen LogP) is 1.58. The van der Waals surface area contributed by atoms with E-state index >= 15 is 0 Å². The molecule has 6 heteroatoms. The van der Waals surface area contributed by atoms with E-state index in [0.717, 1.165) is 11.3 Å². The van der Waals surface area contributed by atoms with E-state index in [1.165, 1.54) is 12.8 Å². The fraction of sp³-hybridized carbons (Fsp3) is 0.375. The minimum atomic E-state index is 0.229. The smallest absolute Gasteiger partial charge is 0.226 e. The molecule has 0 unspecified atom stereocenters. The summed E-state index contributed by atoms with van der Waals surface area (Å²) in [5.74, 6) is 0.750. The van der Waals surface area contributed by atoms with E-state index in [2.05, 4.69) is 25.3 Å². The monoisotopic (exact) mass is 209 g/mol. The molecule has 0 radical (unpaired) electrons. The molecule has 2 aromatic heterocycles. The highest BCUT2D eigenvalue weighted by atomic mass is 35.5. The molecule has 2 aromatic rings. The number of anilines is 1. The Morgan fingerprint density at radius 1 is 1.43 bits per heavy atom. The van der Waals surface area contributed by atoms with Gasteiger partial charge in [-0.25, -0.2) is 4.98 Å². The minimum Gasteiger partial charge on any atom is -0.365 e. The number of hydrogen-bond acceptors (Lipinski definition) is 4. The number of aromatic amines is 1. The molecule has 14 heavy (non-hydrogen) atoms. The highest BCUT2D eigenvalue weighted by molar-refractivity contribution is 6.28. The molecule has 1 aliphatic carbocycles. The molecule has 0 aromatic carbocycles. The van der Waals surface area contributed by atoms with Gasteiger partial charge in [0.2, 0.25) is 5.28 Å². The van der Waals surface area contributed by atoms with Gasteiger partial charge in [0.05, 0.1) is 6.33 Å². The zero-order chi connectivity index (χ0) is 9.54. The number of halogens is 1. The summed E-state index contributed by atoms with van der Waals surface area (Å²) in [6.45, 7) is 0. The maximum absolute atomic E-state index is 5.77. The third-order valence-corrected chi connectivity index (χ3v) is 2.35. The Kier molecular flexibility index (Phi) is 1.61. The summed E-state index contributed by atoms with van der Waals surface area (Å²) in [4.78, 5) is 15.1. The standard InChI is InChI=1S/C8H8ClN5/c9-8-13-6-5(10-3-11-6)7(14-8)12-4-1-2-4/h3-4H,1-2H2,(H2,10,11,12,13,14).